The number of aromatic nitrogens is 4. The first-order chi connectivity index (χ1) is 30.9. The molecule has 11 rings (SSSR count). The smallest absolute Gasteiger partial charge is 0.164 e. The van der Waals surface area contributed by atoms with E-state index in [1.165, 1.54) is 4.57 Å². The van der Waals surface area contributed by atoms with Gasteiger partial charge in [0.05, 0.1) is 24.7 Å². The van der Waals surface area contributed by atoms with Crippen LogP contribution in [0.4, 0.5) is 0 Å². The van der Waals surface area contributed by atoms with E-state index >= 15 is 0 Å². The van der Waals surface area contributed by atoms with Crippen LogP contribution >= 0.6 is 0 Å². The third-order valence-corrected chi connectivity index (χ3v) is 9.65. The monoisotopic (exact) mass is 700 g/mol. The molecule has 0 bridgehead atoms. The molecular formula is C49H30N4O. The summed E-state index contributed by atoms with van der Waals surface area (Å²) in [5.74, 6) is 1.54. The standard InChI is InChI=1S/C49H30N4O/c1-3-13-31(14-4-1)47-50-48(32-15-5-2-6-16-32)52-49(51-47)36-20-11-19-35(27-36)38-22-12-24-45-46(38)41-30-37(25-26-44(41)54-45)53-42-23-10-9-21-39(42)40-28-33-17-7-8-18-34(33)29-43(40)53/h1-30H/i7D,8D,9D,10D,17D,18D,21D,23D,28D,29D. The van der Waals surface area contributed by atoms with Crippen molar-refractivity contribution in [2.45, 2.75) is 0 Å². The van der Waals surface area contributed by atoms with Crippen LogP contribution in [-0.2, 0) is 0 Å². The summed E-state index contributed by atoms with van der Waals surface area (Å²) < 4.78 is 96.5. The van der Waals surface area contributed by atoms with Crippen LogP contribution in [-0.4, -0.2) is 19.5 Å². The average molecular weight is 701 g/mol. The molecule has 0 atom stereocenters. The normalized spacial score (nSPS) is 14.3. The first-order valence-electron chi connectivity index (χ1n) is 22.3. The van der Waals surface area contributed by atoms with E-state index in [2.05, 4.69) is 0 Å². The molecule has 0 aliphatic heterocycles. The Morgan fingerprint density at radius 1 is 0.463 bits per heavy atom. The molecule has 0 radical (unpaired) electrons. The number of hydrogen-bond donors (Lipinski definition) is 0. The molecule has 11 aromatic rings. The number of benzene rings is 8. The van der Waals surface area contributed by atoms with Crippen LogP contribution in [0.5, 0.6) is 0 Å². The van der Waals surface area contributed by atoms with E-state index in [1.807, 2.05) is 109 Å². The van der Waals surface area contributed by atoms with Gasteiger partial charge in [0.25, 0.3) is 0 Å². The van der Waals surface area contributed by atoms with E-state index in [0.717, 1.165) is 33.2 Å². The highest BCUT2D eigenvalue weighted by Crippen LogP contribution is 2.40. The largest absolute Gasteiger partial charge is 0.456 e. The predicted octanol–water partition coefficient (Wildman–Crippen LogP) is 12.7. The van der Waals surface area contributed by atoms with Gasteiger partial charge >= 0.3 is 0 Å². The summed E-state index contributed by atoms with van der Waals surface area (Å²) in [6.07, 6.45) is 0. The molecule has 3 aromatic heterocycles. The molecule has 0 amide bonds. The zero-order valence-corrected chi connectivity index (χ0v) is 28.2. The number of rotatable bonds is 5. The molecule has 0 aliphatic rings. The predicted molar refractivity (Wildman–Crippen MR) is 221 cm³/mol. The molecule has 0 saturated heterocycles. The lowest BCUT2D eigenvalue weighted by Crippen LogP contribution is -2.00. The van der Waals surface area contributed by atoms with Gasteiger partial charge in [-0.05, 0) is 70.4 Å². The maximum absolute atomic E-state index is 9.53. The van der Waals surface area contributed by atoms with Gasteiger partial charge in [0.15, 0.2) is 17.5 Å². The zero-order chi connectivity index (χ0) is 44.3. The second-order valence-electron chi connectivity index (χ2n) is 12.9. The van der Waals surface area contributed by atoms with Crippen LogP contribution < -0.4 is 0 Å². The van der Waals surface area contributed by atoms with Crippen LogP contribution in [0, 0.1) is 0 Å². The number of furan rings is 1. The van der Waals surface area contributed by atoms with Gasteiger partial charge < -0.3 is 8.98 Å². The lowest BCUT2D eigenvalue weighted by molar-refractivity contribution is 0.669. The molecule has 8 aromatic carbocycles. The van der Waals surface area contributed by atoms with Gasteiger partial charge in [-0.15, -0.1) is 0 Å². The van der Waals surface area contributed by atoms with Crippen molar-refractivity contribution in [3.05, 3.63) is 182 Å². The molecule has 54 heavy (non-hydrogen) atoms. The van der Waals surface area contributed by atoms with Gasteiger partial charge in [-0.1, -0.05) is 133 Å². The molecule has 3 heterocycles. The van der Waals surface area contributed by atoms with Gasteiger partial charge in [0, 0.05) is 43.9 Å². The van der Waals surface area contributed by atoms with Gasteiger partial charge in [0.2, 0.25) is 0 Å². The quantitative estimate of drug-likeness (QED) is 0.179. The summed E-state index contributed by atoms with van der Waals surface area (Å²) in [7, 11) is 0. The zero-order valence-electron chi connectivity index (χ0n) is 38.2. The first-order valence-corrected chi connectivity index (χ1v) is 17.3. The molecule has 0 N–H and O–H groups in total. The second-order valence-corrected chi connectivity index (χ2v) is 12.9. The van der Waals surface area contributed by atoms with E-state index in [4.69, 9.17) is 30.3 Å². The van der Waals surface area contributed by atoms with Crippen molar-refractivity contribution in [2.24, 2.45) is 0 Å². The molecule has 0 aliphatic carbocycles. The van der Waals surface area contributed by atoms with Crippen LogP contribution in [0.3, 0.4) is 0 Å². The molecule has 0 fully saturated rings. The van der Waals surface area contributed by atoms with E-state index in [1.54, 1.807) is 12.1 Å². The Labute approximate surface area is 324 Å². The number of para-hydroxylation sites is 1. The van der Waals surface area contributed by atoms with E-state index in [-0.39, 0.29) is 44.7 Å². The SMILES string of the molecule is [2H]c1c([2H])c([2H])c2c([2H])c3c(c([2H])c2c1[2H])c1c([2H])c([2H])c([2H])c([2H])c1n3-c1ccc2oc3cccc(-c4cccc(-c5nc(-c6ccccc6)nc(-c6ccccc6)n5)c4)c3c2c1. The lowest BCUT2D eigenvalue weighted by atomic mass is 9.97. The van der Waals surface area contributed by atoms with E-state index in [0.29, 0.717) is 39.7 Å². The van der Waals surface area contributed by atoms with Gasteiger partial charge in [-0.25, -0.2) is 15.0 Å². The fourth-order valence-electron chi connectivity index (χ4n) is 7.20. The molecule has 0 saturated carbocycles. The molecule has 0 spiro atoms. The minimum Gasteiger partial charge on any atom is -0.456 e. The summed E-state index contributed by atoms with van der Waals surface area (Å²) in [6.45, 7) is 0. The van der Waals surface area contributed by atoms with Crippen LogP contribution in [0.1, 0.15) is 13.7 Å². The van der Waals surface area contributed by atoms with Crippen LogP contribution in [0.2, 0.25) is 0 Å². The summed E-state index contributed by atoms with van der Waals surface area (Å²) in [6, 6.07) is 33.6. The third-order valence-electron chi connectivity index (χ3n) is 9.65. The highest BCUT2D eigenvalue weighted by atomic mass is 16.3. The maximum Gasteiger partial charge on any atom is 0.164 e. The molecule has 0 unspecified atom stereocenters. The number of hydrogen-bond acceptors (Lipinski definition) is 4. The Kier molecular flexibility index (Phi) is 4.90. The second kappa shape index (κ2) is 12.1. The maximum atomic E-state index is 9.53. The van der Waals surface area contributed by atoms with Crippen LogP contribution in [0.15, 0.2) is 186 Å². The van der Waals surface area contributed by atoms with E-state index < -0.39 is 48.3 Å². The fourth-order valence-corrected chi connectivity index (χ4v) is 7.20. The van der Waals surface area contributed by atoms with Crippen molar-refractivity contribution in [1.29, 1.82) is 0 Å². The molecule has 5 nitrogen and oxygen atoms in total. The highest BCUT2D eigenvalue weighted by Gasteiger charge is 2.18. The summed E-state index contributed by atoms with van der Waals surface area (Å²) in [4.78, 5) is 14.7. The summed E-state index contributed by atoms with van der Waals surface area (Å²) in [5, 5.41) is 0.947. The third kappa shape index (κ3) is 4.90. The van der Waals surface area contributed by atoms with Gasteiger partial charge in [0.1, 0.15) is 11.2 Å². The Morgan fingerprint density at radius 3 is 1.85 bits per heavy atom. The summed E-state index contributed by atoms with van der Waals surface area (Å²) >= 11 is 0. The molecule has 252 valence electrons. The van der Waals surface area contributed by atoms with Crippen molar-refractivity contribution in [3.8, 4) is 51.0 Å². The Morgan fingerprint density at radius 2 is 1.09 bits per heavy atom. The number of nitrogens with zero attached hydrogens (tertiary/aromatic N) is 4. The summed E-state index contributed by atoms with van der Waals surface area (Å²) in [5.41, 5.74) is 5.57. The number of fused-ring (bicyclic) bond motifs is 7. The minimum absolute atomic E-state index is 0.00395. The Hall–Kier alpha value is -7.37. The van der Waals surface area contributed by atoms with Crippen molar-refractivity contribution < 1.29 is 18.1 Å². The van der Waals surface area contributed by atoms with Gasteiger partial charge in [-0.2, -0.15) is 0 Å². The Bertz CT molecular complexity index is 3740. The van der Waals surface area contributed by atoms with E-state index in [9.17, 15) is 2.74 Å². The molecule has 5 heteroatoms. The Balaban J connectivity index is 1.16. The van der Waals surface area contributed by atoms with Crippen molar-refractivity contribution >= 4 is 54.5 Å². The highest BCUT2D eigenvalue weighted by molar-refractivity contribution is 6.15. The van der Waals surface area contributed by atoms with Crippen molar-refractivity contribution in [3.63, 3.8) is 0 Å². The first kappa shape index (κ1) is 21.9. The van der Waals surface area contributed by atoms with Gasteiger partial charge in [-0.3, -0.25) is 0 Å². The lowest BCUT2D eigenvalue weighted by Gasteiger charge is -2.11. The average Bonchev–Trinajstić information content (AvgIpc) is 3.90. The van der Waals surface area contributed by atoms with Crippen molar-refractivity contribution in [1.82, 2.24) is 19.5 Å². The fraction of sp³-hybridized carbons (Fsp3) is 0. The topological polar surface area (TPSA) is 56.7 Å². The minimum atomic E-state index is -0.573. The molecular weight excluding hydrogens is 661 g/mol. The van der Waals surface area contributed by atoms with Crippen molar-refractivity contribution in [2.75, 3.05) is 0 Å². The van der Waals surface area contributed by atoms with Crippen LogP contribution in [0.25, 0.3) is 105 Å².